The molecule has 0 fully saturated rings. The number of hydrogen-bond donors (Lipinski definition) is 2. The molecule has 3 rings (SSSR count). The Hall–Kier alpha value is -3.00. The first-order valence-corrected chi connectivity index (χ1v) is 7.35. The fourth-order valence-corrected chi connectivity index (χ4v) is 2.28. The molecule has 0 spiro atoms. The third kappa shape index (κ3) is 3.18. The van der Waals surface area contributed by atoms with Gasteiger partial charge in [0.1, 0.15) is 5.75 Å². The molecule has 3 aromatic rings. The van der Waals surface area contributed by atoms with Crippen molar-refractivity contribution in [2.75, 3.05) is 0 Å². The molecule has 0 aliphatic carbocycles. The van der Waals surface area contributed by atoms with Crippen LogP contribution in [-0.4, -0.2) is 36.8 Å². The quantitative estimate of drug-likeness (QED) is 0.557. The smallest absolute Gasteiger partial charge is 0.311 e. The van der Waals surface area contributed by atoms with Gasteiger partial charge in [0.25, 0.3) is 5.78 Å². The highest BCUT2D eigenvalue weighted by atomic mass is 35.5. The van der Waals surface area contributed by atoms with Gasteiger partial charge < -0.3 is 5.11 Å². The van der Waals surface area contributed by atoms with Crippen LogP contribution in [0.5, 0.6) is 5.75 Å². The van der Waals surface area contributed by atoms with E-state index in [1.165, 1.54) is 22.9 Å². The van der Waals surface area contributed by atoms with E-state index >= 15 is 0 Å². The first kappa shape index (κ1) is 15.9. The van der Waals surface area contributed by atoms with Crippen molar-refractivity contribution in [2.45, 2.75) is 13.8 Å². The summed E-state index contributed by atoms with van der Waals surface area (Å²) in [7, 11) is 0. The number of aromatic nitrogens is 4. The average molecular weight is 345 g/mol. The number of benzene rings is 1. The highest BCUT2D eigenvalue weighted by Crippen LogP contribution is 2.19. The van der Waals surface area contributed by atoms with Crippen molar-refractivity contribution >= 4 is 29.5 Å². The van der Waals surface area contributed by atoms with Crippen molar-refractivity contribution < 1.29 is 9.90 Å². The zero-order chi connectivity index (χ0) is 17.3. The Labute approximate surface area is 141 Å². The molecule has 9 heteroatoms. The molecule has 0 saturated heterocycles. The molecule has 1 aromatic carbocycles. The number of nitrogens with zero attached hydrogens (tertiary/aromatic N) is 5. The summed E-state index contributed by atoms with van der Waals surface area (Å²) in [5, 5.41) is 18.0. The number of fused-ring (bicyclic) bond motifs is 1. The van der Waals surface area contributed by atoms with Crippen LogP contribution < -0.4 is 5.43 Å². The normalized spacial score (nSPS) is 11.3. The molecule has 2 aromatic heterocycles. The molecule has 0 aliphatic rings. The molecule has 0 saturated carbocycles. The van der Waals surface area contributed by atoms with Gasteiger partial charge >= 0.3 is 5.91 Å². The molecule has 0 atom stereocenters. The fourth-order valence-electron chi connectivity index (χ4n) is 2.10. The van der Waals surface area contributed by atoms with Gasteiger partial charge in [0, 0.05) is 22.0 Å². The lowest BCUT2D eigenvalue weighted by molar-refractivity contribution is 0.0945. The Bertz CT molecular complexity index is 966. The minimum absolute atomic E-state index is 0.00134. The molecule has 0 radical (unpaired) electrons. The van der Waals surface area contributed by atoms with Crippen molar-refractivity contribution in [1.82, 2.24) is 25.0 Å². The Morgan fingerprint density at radius 3 is 2.92 bits per heavy atom. The summed E-state index contributed by atoms with van der Waals surface area (Å²) in [6, 6.07) is 6.34. The van der Waals surface area contributed by atoms with Crippen LogP contribution in [0.4, 0.5) is 0 Å². The van der Waals surface area contributed by atoms with E-state index in [0.717, 1.165) is 11.4 Å². The monoisotopic (exact) mass is 344 g/mol. The van der Waals surface area contributed by atoms with Crippen molar-refractivity contribution in [2.24, 2.45) is 5.10 Å². The number of hydrogen-bond acceptors (Lipinski definition) is 6. The van der Waals surface area contributed by atoms with Gasteiger partial charge in [0.2, 0.25) is 5.82 Å². The number of halogens is 1. The van der Waals surface area contributed by atoms with E-state index in [1.807, 2.05) is 19.9 Å². The van der Waals surface area contributed by atoms with E-state index in [4.69, 9.17) is 11.6 Å². The number of rotatable bonds is 3. The summed E-state index contributed by atoms with van der Waals surface area (Å²) in [4.78, 5) is 20.4. The van der Waals surface area contributed by atoms with E-state index in [9.17, 15) is 9.90 Å². The maximum atomic E-state index is 12.1. The van der Waals surface area contributed by atoms with Gasteiger partial charge in [-0.1, -0.05) is 11.6 Å². The number of phenols is 1. The molecule has 8 nitrogen and oxygen atoms in total. The van der Waals surface area contributed by atoms with Gasteiger partial charge in [-0.05, 0) is 38.1 Å². The zero-order valence-corrected chi connectivity index (χ0v) is 13.6. The van der Waals surface area contributed by atoms with Crippen molar-refractivity contribution in [3.05, 3.63) is 52.1 Å². The van der Waals surface area contributed by atoms with Crippen LogP contribution in [0.3, 0.4) is 0 Å². The van der Waals surface area contributed by atoms with Crippen LogP contribution in [0, 0.1) is 13.8 Å². The predicted octanol–water partition coefficient (Wildman–Crippen LogP) is 1.86. The maximum Gasteiger partial charge on any atom is 0.311 e. The predicted molar refractivity (Wildman–Crippen MR) is 88.4 cm³/mol. The molecule has 2 heterocycles. The molecule has 122 valence electrons. The van der Waals surface area contributed by atoms with E-state index in [2.05, 4.69) is 25.6 Å². The maximum absolute atomic E-state index is 12.1. The molecule has 2 N–H and O–H groups in total. The highest BCUT2D eigenvalue weighted by molar-refractivity contribution is 6.30. The Morgan fingerprint density at radius 1 is 1.33 bits per heavy atom. The van der Waals surface area contributed by atoms with Gasteiger partial charge in [0.05, 0.1) is 6.21 Å². The van der Waals surface area contributed by atoms with Gasteiger partial charge in [-0.25, -0.2) is 14.9 Å². The second-order valence-corrected chi connectivity index (χ2v) is 5.52. The zero-order valence-electron chi connectivity index (χ0n) is 12.9. The number of aromatic hydroxyl groups is 1. The minimum Gasteiger partial charge on any atom is -0.507 e. The van der Waals surface area contributed by atoms with Gasteiger partial charge in [-0.3, -0.25) is 4.79 Å². The minimum atomic E-state index is -0.588. The molecule has 1 amide bonds. The lowest BCUT2D eigenvalue weighted by Gasteiger charge is -1.99. The lowest BCUT2D eigenvalue weighted by Crippen LogP contribution is -2.19. The van der Waals surface area contributed by atoms with Crippen molar-refractivity contribution in [3.8, 4) is 5.75 Å². The third-order valence-electron chi connectivity index (χ3n) is 3.18. The Morgan fingerprint density at radius 2 is 2.12 bits per heavy atom. The number of aryl methyl sites for hydroxylation is 2. The topological polar surface area (TPSA) is 105 Å². The number of phenolic OH excluding ortho intramolecular Hbond substituents is 1. The molecule has 0 bridgehead atoms. The first-order chi connectivity index (χ1) is 11.4. The van der Waals surface area contributed by atoms with Gasteiger partial charge in [-0.15, -0.1) is 5.10 Å². The SMILES string of the molecule is Cc1cc(C)n2nc(C(=O)NN=Cc3cc(Cl)ccc3O)nc2n1. The molecule has 0 aliphatic heterocycles. The highest BCUT2D eigenvalue weighted by Gasteiger charge is 2.14. The average Bonchev–Trinajstić information content (AvgIpc) is 2.95. The van der Waals surface area contributed by atoms with Crippen molar-refractivity contribution in [1.29, 1.82) is 0 Å². The van der Waals surface area contributed by atoms with Crippen LogP contribution >= 0.6 is 11.6 Å². The van der Waals surface area contributed by atoms with Gasteiger partial charge in [-0.2, -0.15) is 10.1 Å². The lowest BCUT2D eigenvalue weighted by atomic mass is 10.2. The van der Waals surface area contributed by atoms with E-state index in [-0.39, 0.29) is 11.6 Å². The van der Waals surface area contributed by atoms with E-state index in [1.54, 1.807) is 6.07 Å². The summed E-state index contributed by atoms with van der Waals surface area (Å²) in [5.74, 6) is -0.299. The van der Waals surface area contributed by atoms with Gasteiger partial charge in [0.15, 0.2) is 0 Å². The largest absolute Gasteiger partial charge is 0.507 e. The fraction of sp³-hybridized carbons (Fsp3) is 0.133. The van der Waals surface area contributed by atoms with E-state index in [0.29, 0.717) is 16.4 Å². The second kappa shape index (κ2) is 6.25. The summed E-state index contributed by atoms with van der Waals surface area (Å²) < 4.78 is 1.48. The number of carbonyl (C=O) groups excluding carboxylic acids is 1. The van der Waals surface area contributed by atoms with Crippen LogP contribution in [0.2, 0.25) is 5.02 Å². The first-order valence-electron chi connectivity index (χ1n) is 6.97. The van der Waals surface area contributed by atoms with E-state index < -0.39 is 5.91 Å². The Kier molecular flexibility index (Phi) is 4.13. The standard InChI is InChI=1S/C15H13ClN6O2/c1-8-5-9(2)22-15(18-8)19-13(21-22)14(24)20-17-7-10-6-11(16)3-4-12(10)23/h3-7,23H,1-2H3,(H,20,24). The summed E-state index contributed by atoms with van der Waals surface area (Å²) in [5.41, 5.74) is 4.28. The second-order valence-electron chi connectivity index (χ2n) is 5.09. The number of hydrazone groups is 1. The summed E-state index contributed by atoms with van der Waals surface area (Å²) >= 11 is 5.84. The van der Waals surface area contributed by atoms with Crippen LogP contribution in [0.1, 0.15) is 27.6 Å². The molecular weight excluding hydrogens is 332 g/mol. The summed E-state index contributed by atoms with van der Waals surface area (Å²) in [6.45, 7) is 3.68. The number of amides is 1. The molecular formula is C15H13ClN6O2. The van der Waals surface area contributed by atoms with Crippen LogP contribution in [0.25, 0.3) is 5.78 Å². The Balaban J connectivity index is 1.79. The van der Waals surface area contributed by atoms with Crippen LogP contribution in [0.15, 0.2) is 29.4 Å². The molecule has 0 unspecified atom stereocenters. The number of carbonyl (C=O) groups is 1. The molecule has 24 heavy (non-hydrogen) atoms. The number of nitrogens with one attached hydrogen (secondary N) is 1. The third-order valence-corrected chi connectivity index (χ3v) is 3.42. The summed E-state index contributed by atoms with van der Waals surface area (Å²) in [6.07, 6.45) is 1.28. The van der Waals surface area contributed by atoms with Crippen LogP contribution in [-0.2, 0) is 0 Å². The van der Waals surface area contributed by atoms with Crippen molar-refractivity contribution in [3.63, 3.8) is 0 Å².